The molecule has 0 aliphatic carbocycles. The van der Waals surface area contributed by atoms with Gasteiger partial charge in [-0.3, -0.25) is 4.79 Å². The first-order valence-electron chi connectivity index (χ1n) is 12.7. The van der Waals surface area contributed by atoms with Crippen LogP contribution < -0.4 is 20.7 Å². The summed E-state index contributed by atoms with van der Waals surface area (Å²) >= 11 is 0. The summed E-state index contributed by atoms with van der Waals surface area (Å²) in [4.78, 5) is 28.9. The molecule has 0 spiro atoms. The van der Waals surface area contributed by atoms with E-state index in [2.05, 4.69) is 54.5 Å². The smallest absolute Gasteiger partial charge is 0.281 e. The van der Waals surface area contributed by atoms with Crippen molar-refractivity contribution < 1.29 is 13.2 Å². The van der Waals surface area contributed by atoms with E-state index in [1.165, 1.54) is 18.2 Å². The summed E-state index contributed by atoms with van der Waals surface area (Å²) in [6.07, 6.45) is 0.901. The number of nitrogens with zero attached hydrogens (tertiary/aromatic N) is 4. The number of nitrogen functional groups attached to an aromatic ring is 1. The van der Waals surface area contributed by atoms with E-state index in [0.717, 1.165) is 18.8 Å². The average Bonchev–Trinajstić information content (AvgIpc) is 3.13. The van der Waals surface area contributed by atoms with Crippen LogP contribution in [0.5, 0.6) is 0 Å². The van der Waals surface area contributed by atoms with Crippen molar-refractivity contribution in [3.63, 3.8) is 0 Å². The zero-order chi connectivity index (χ0) is 27.7. The Morgan fingerprint density at radius 1 is 1.08 bits per heavy atom. The number of aromatic nitrogens is 3. The number of amides is 1. The second-order valence-corrected chi connectivity index (χ2v) is 12.4. The fourth-order valence-electron chi connectivity index (χ4n) is 4.73. The fourth-order valence-corrected chi connectivity index (χ4v) is 5.67. The third-order valence-electron chi connectivity index (χ3n) is 6.40. The van der Waals surface area contributed by atoms with Crippen LogP contribution in [-0.2, 0) is 10.0 Å². The van der Waals surface area contributed by atoms with Gasteiger partial charge in [-0.1, -0.05) is 32.9 Å². The molecule has 1 unspecified atom stereocenters. The number of carbonyl (C=O) groups is 1. The highest BCUT2D eigenvalue weighted by Crippen LogP contribution is 2.38. The maximum absolute atomic E-state index is 13.4. The number of hydrogen-bond donors (Lipinski definition) is 3. The van der Waals surface area contributed by atoms with E-state index in [0.29, 0.717) is 35.6 Å². The minimum atomic E-state index is -4.25. The molecule has 1 saturated heterocycles. The molecule has 10 nitrogen and oxygen atoms in total. The van der Waals surface area contributed by atoms with Gasteiger partial charge in [0.15, 0.2) is 5.03 Å². The van der Waals surface area contributed by atoms with Gasteiger partial charge in [0.05, 0.1) is 17.0 Å². The Balaban J connectivity index is 1.74. The zero-order valence-corrected chi connectivity index (χ0v) is 23.2. The van der Waals surface area contributed by atoms with Gasteiger partial charge in [0.1, 0.15) is 17.5 Å². The quantitative estimate of drug-likeness (QED) is 0.389. The van der Waals surface area contributed by atoms with E-state index < -0.39 is 15.9 Å². The van der Waals surface area contributed by atoms with Gasteiger partial charge in [0, 0.05) is 18.6 Å². The van der Waals surface area contributed by atoms with Crippen LogP contribution in [0.4, 0.5) is 17.5 Å². The van der Waals surface area contributed by atoms with Gasteiger partial charge in [-0.2, -0.15) is 8.42 Å². The Morgan fingerprint density at radius 3 is 2.45 bits per heavy atom. The molecular weight excluding hydrogens is 502 g/mol. The standard InChI is InChI=1S/C27H35N7O3S/c1-17(2)15-29-23-10-6-8-20(30-23)21-13-12-19(25(31-21)34-16-18(3)14-27(34,4)5)26(35)33-38(36,37)24-11-7-9-22(28)32-24/h6-13,17-18H,14-16H2,1-5H3,(H2,28,32)(H,29,30)(H,33,35). The monoisotopic (exact) mass is 537 g/mol. The highest BCUT2D eigenvalue weighted by atomic mass is 32.2. The molecule has 1 amide bonds. The van der Waals surface area contributed by atoms with Crippen LogP contribution in [0.1, 0.15) is 51.4 Å². The van der Waals surface area contributed by atoms with Crippen LogP contribution in [0, 0.1) is 11.8 Å². The van der Waals surface area contributed by atoms with Crippen LogP contribution in [0.15, 0.2) is 53.6 Å². The van der Waals surface area contributed by atoms with Crippen LogP contribution in [0.3, 0.4) is 0 Å². The lowest BCUT2D eigenvalue weighted by Gasteiger charge is -2.34. The van der Waals surface area contributed by atoms with Gasteiger partial charge in [0.25, 0.3) is 15.9 Å². The average molecular weight is 538 g/mol. The predicted octanol–water partition coefficient (Wildman–Crippen LogP) is 3.93. The van der Waals surface area contributed by atoms with Gasteiger partial charge in [0.2, 0.25) is 0 Å². The Bertz CT molecular complexity index is 1440. The van der Waals surface area contributed by atoms with Gasteiger partial charge in [-0.25, -0.2) is 19.7 Å². The van der Waals surface area contributed by atoms with E-state index in [1.54, 1.807) is 12.1 Å². The molecule has 202 valence electrons. The number of nitrogens with two attached hydrogens (primary N) is 1. The van der Waals surface area contributed by atoms with Crippen molar-refractivity contribution in [1.82, 2.24) is 19.7 Å². The zero-order valence-electron chi connectivity index (χ0n) is 22.4. The summed E-state index contributed by atoms with van der Waals surface area (Å²) in [5.74, 6) is 1.22. The molecule has 0 radical (unpaired) electrons. The normalized spacial score (nSPS) is 17.0. The minimum Gasteiger partial charge on any atom is -0.384 e. The van der Waals surface area contributed by atoms with Gasteiger partial charge < -0.3 is 16.0 Å². The molecule has 1 atom stereocenters. The summed E-state index contributed by atoms with van der Waals surface area (Å²) < 4.78 is 28.0. The summed E-state index contributed by atoms with van der Waals surface area (Å²) in [6, 6.07) is 13.2. The molecule has 1 fully saturated rings. The van der Waals surface area contributed by atoms with E-state index >= 15 is 0 Å². The van der Waals surface area contributed by atoms with Gasteiger partial charge in [-0.15, -0.1) is 0 Å². The Kier molecular flexibility index (Phi) is 7.59. The summed E-state index contributed by atoms with van der Waals surface area (Å²) in [5, 5.41) is 2.99. The molecule has 1 aliphatic rings. The number of nitrogens with one attached hydrogen (secondary N) is 2. The molecule has 3 aromatic rings. The van der Waals surface area contributed by atoms with Crippen molar-refractivity contribution in [2.45, 2.75) is 51.6 Å². The van der Waals surface area contributed by atoms with E-state index in [-0.39, 0.29) is 21.9 Å². The Morgan fingerprint density at radius 2 is 1.79 bits per heavy atom. The van der Waals surface area contributed by atoms with E-state index in [9.17, 15) is 13.2 Å². The lowest BCUT2D eigenvalue weighted by molar-refractivity contribution is 0.0981. The van der Waals surface area contributed by atoms with Crippen molar-refractivity contribution >= 4 is 33.4 Å². The number of hydrogen-bond acceptors (Lipinski definition) is 9. The van der Waals surface area contributed by atoms with Crippen molar-refractivity contribution in [2.75, 3.05) is 29.0 Å². The lowest BCUT2D eigenvalue weighted by atomic mass is 9.97. The molecule has 0 aromatic carbocycles. The molecular formula is C27H35N7O3S. The second-order valence-electron chi connectivity index (χ2n) is 10.8. The van der Waals surface area contributed by atoms with Crippen LogP contribution >= 0.6 is 0 Å². The van der Waals surface area contributed by atoms with E-state index in [1.807, 2.05) is 18.2 Å². The van der Waals surface area contributed by atoms with Crippen molar-refractivity contribution in [1.29, 1.82) is 0 Å². The number of pyridine rings is 3. The Labute approximate surface area is 224 Å². The maximum atomic E-state index is 13.4. The number of carbonyl (C=O) groups excluding carboxylic acids is 1. The first kappa shape index (κ1) is 27.3. The first-order chi connectivity index (χ1) is 17.9. The topological polar surface area (TPSA) is 143 Å². The van der Waals surface area contributed by atoms with Crippen molar-refractivity contribution in [2.24, 2.45) is 11.8 Å². The van der Waals surface area contributed by atoms with Crippen molar-refractivity contribution in [3.8, 4) is 11.4 Å². The number of rotatable bonds is 8. The fraction of sp³-hybridized carbons (Fsp3) is 0.407. The molecule has 4 rings (SSSR count). The summed E-state index contributed by atoms with van der Waals surface area (Å²) in [6.45, 7) is 12.0. The molecule has 4 N–H and O–H groups in total. The maximum Gasteiger partial charge on any atom is 0.281 e. The highest BCUT2D eigenvalue weighted by Gasteiger charge is 2.39. The van der Waals surface area contributed by atoms with E-state index in [4.69, 9.17) is 15.7 Å². The summed E-state index contributed by atoms with van der Waals surface area (Å²) in [7, 11) is -4.25. The molecule has 1 aliphatic heterocycles. The highest BCUT2D eigenvalue weighted by molar-refractivity contribution is 7.90. The molecule has 11 heteroatoms. The largest absolute Gasteiger partial charge is 0.384 e. The SMILES string of the molecule is CC(C)CNc1cccc(-c2ccc(C(=O)NS(=O)(=O)c3cccc(N)n3)c(N3CC(C)CC3(C)C)n2)n1. The molecule has 0 bridgehead atoms. The number of anilines is 3. The molecule has 0 saturated carbocycles. The third kappa shape index (κ3) is 6.04. The minimum absolute atomic E-state index is 0.0393. The predicted molar refractivity (Wildman–Crippen MR) is 149 cm³/mol. The number of sulfonamides is 1. The lowest BCUT2D eigenvalue weighted by Crippen LogP contribution is -2.41. The van der Waals surface area contributed by atoms with Gasteiger partial charge >= 0.3 is 0 Å². The molecule has 4 heterocycles. The third-order valence-corrected chi connectivity index (χ3v) is 7.63. The van der Waals surface area contributed by atoms with Crippen LogP contribution in [0.2, 0.25) is 0 Å². The molecule has 3 aromatic heterocycles. The summed E-state index contributed by atoms with van der Waals surface area (Å²) in [5.41, 5.74) is 6.74. The van der Waals surface area contributed by atoms with Crippen molar-refractivity contribution in [3.05, 3.63) is 54.1 Å². The van der Waals surface area contributed by atoms with Crippen LogP contribution in [-0.4, -0.2) is 47.9 Å². The van der Waals surface area contributed by atoms with Gasteiger partial charge in [-0.05, 0) is 68.5 Å². The van der Waals surface area contributed by atoms with Crippen LogP contribution in [0.25, 0.3) is 11.4 Å². The second kappa shape index (κ2) is 10.6. The first-order valence-corrected chi connectivity index (χ1v) is 14.1. The molecule has 38 heavy (non-hydrogen) atoms. The Hall–Kier alpha value is -3.73.